The number of ketones is 1. The topological polar surface area (TPSA) is 52.6 Å². The van der Waals surface area contributed by atoms with E-state index in [2.05, 4.69) is 15.9 Å². The summed E-state index contributed by atoms with van der Waals surface area (Å²) in [5.74, 6) is 0.371. The summed E-state index contributed by atoms with van der Waals surface area (Å²) in [7, 11) is 0. The van der Waals surface area contributed by atoms with Crippen LogP contribution in [0.4, 0.5) is 0 Å². The van der Waals surface area contributed by atoms with Crippen molar-refractivity contribution in [3.05, 3.63) is 28.2 Å². The summed E-state index contributed by atoms with van der Waals surface area (Å²) in [4.78, 5) is 23.8. The molecule has 1 aliphatic heterocycles. The molecule has 21 heavy (non-hydrogen) atoms. The molecular formula is C16H19BrO4. The van der Waals surface area contributed by atoms with Crippen molar-refractivity contribution in [1.82, 2.24) is 0 Å². The van der Waals surface area contributed by atoms with Crippen LogP contribution in [0.2, 0.25) is 0 Å². The number of carbonyl (C=O) groups is 2. The zero-order chi connectivity index (χ0) is 15.6. The van der Waals surface area contributed by atoms with Gasteiger partial charge in [0.2, 0.25) is 0 Å². The van der Waals surface area contributed by atoms with Crippen molar-refractivity contribution in [2.45, 2.75) is 51.7 Å². The van der Waals surface area contributed by atoms with Crippen LogP contribution in [0.1, 0.15) is 50.4 Å². The second-order valence-corrected chi connectivity index (χ2v) is 7.05. The predicted octanol–water partition coefficient (Wildman–Crippen LogP) is 3.90. The Labute approximate surface area is 132 Å². The number of fused-ring (bicyclic) bond motifs is 1. The molecule has 0 aromatic heterocycles. The van der Waals surface area contributed by atoms with Crippen LogP contribution in [0.3, 0.4) is 0 Å². The van der Waals surface area contributed by atoms with Crippen LogP contribution in [0, 0.1) is 0 Å². The molecule has 114 valence electrons. The molecule has 0 N–H and O–H groups in total. The lowest BCUT2D eigenvalue weighted by molar-refractivity contribution is -0.155. The van der Waals surface area contributed by atoms with Gasteiger partial charge in [0.15, 0.2) is 5.78 Å². The van der Waals surface area contributed by atoms with Gasteiger partial charge in [-0.25, -0.2) is 0 Å². The van der Waals surface area contributed by atoms with E-state index in [0.29, 0.717) is 24.2 Å². The molecule has 0 saturated carbocycles. The monoisotopic (exact) mass is 354 g/mol. The first kappa shape index (κ1) is 16.0. The van der Waals surface area contributed by atoms with E-state index in [1.54, 1.807) is 12.1 Å². The Bertz CT molecular complexity index is 560. The molecule has 1 atom stereocenters. The number of halogens is 1. The van der Waals surface area contributed by atoms with Gasteiger partial charge in [-0.05, 0) is 45.4 Å². The molecule has 4 nitrogen and oxygen atoms in total. The minimum Gasteiger partial charge on any atom is -0.489 e. The summed E-state index contributed by atoms with van der Waals surface area (Å²) in [5, 5.41) is 0. The molecule has 0 aliphatic carbocycles. The van der Waals surface area contributed by atoms with Crippen molar-refractivity contribution < 1.29 is 19.1 Å². The fraction of sp³-hybridized carbons (Fsp3) is 0.500. The van der Waals surface area contributed by atoms with Gasteiger partial charge in [-0.3, -0.25) is 9.59 Å². The van der Waals surface area contributed by atoms with Crippen molar-refractivity contribution >= 4 is 27.7 Å². The first-order chi connectivity index (χ1) is 9.74. The van der Waals surface area contributed by atoms with Crippen molar-refractivity contribution in [1.29, 1.82) is 0 Å². The standard InChI is InChI=1S/C16H19BrO4/c1-16(2,3)21-15(19)7-5-11-9-13(18)12-8-10(17)4-6-14(12)20-11/h4,6,8,11H,5,7,9H2,1-3H3. The maximum absolute atomic E-state index is 12.1. The molecule has 0 bridgehead atoms. The molecule has 1 unspecified atom stereocenters. The SMILES string of the molecule is CC(C)(C)OC(=O)CCC1CC(=O)c2cc(Br)ccc2O1. The van der Waals surface area contributed by atoms with E-state index >= 15 is 0 Å². The summed E-state index contributed by atoms with van der Waals surface area (Å²) in [6.07, 6.45) is 0.766. The average Bonchev–Trinajstić information content (AvgIpc) is 2.35. The molecular weight excluding hydrogens is 336 g/mol. The Kier molecular flexibility index (Phi) is 4.71. The van der Waals surface area contributed by atoms with Gasteiger partial charge in [-0.15, -0.1) is 0 Å². The number of carbonyl (C=O) groups excluding carboxylic acids is 2. The van der Waals surface area contributed by atoms with E-state index in [-0.39, 0.29) is 24.3 Å². The number of benzene rings is 1. The highest BCUT2D eigenvalue weighted by atomic mass is 79.9. The summed E-state index contributed by atoms with van der Waals surface area (Å²) in [5.41, 5.74) is 0.108. The van der Waals surface area contributed by atoms with Crippen LogP contribution in [0.15, 0.2) is 22.7 Å². The molecule has 1 aromatic carbocycles. The molecule has 1 aromatic rings. The fourth-order valence-electron chi connectivity index (χ4n) is 2.19. The Morgan fingerprint density at radius 1 is 1.43 bits per heavy atom. The minimum atomic E-state index is -0.487. The second-order valence-electron chi connectivity index (χ2n) is 6.13. The van der Waals surface area contributed by atoms with Crippen LogP contribution in [-0.2, 0) is 9.53 Å². The van der Waals surface area contributed by atoms with Gasteiger partial charge in [0.1, 0.15) is 17.5 Å². The molecule has 1 heterocycles. The Balaban J connectivity index is 1.94. The zero-order valence-corrected chi connectivity index (χ0v) is 14.0. The number of rotatable bonds is 3. The molecule has 5 heteroatoms. The van der Waals surface area contributed by atoms with Crippen molar-refractivity contribution in [3.63, 3.8) is 0 Å². The van der Waals surface area contributed by atoms with Gasteiger partial charge in [-0.1, -0.05) is 15.9 Å². The van der Waals surface area contributed by atoms with Gasteiger partial charge in [0.25, 0.3) is 0 Å². The van der Waals surface area contributed by atoms with Crippen LogP contribution in [0.25, 0.3) is 0 Å². The normalized spacial score (nSPS) is 17.9. The Morgan fingerprint density at radius 3 is 2.81 bits per heavy atom. The van der Waals surface area contributed by atoms with Crippen molar-refractivity contribution in [3.8, 4) is 5.75 Å². The molecule has 0 saturated heterocycles. The van der Waals surface area contributed by atoms with E-state index in [0.717, 1.165) is 4.47 Å². The summed E-state index contributed by atoms with van der Waals surface area (Å²) >= 11 is 3.34. The number of esters is 1. The van der Waals surface area contributed by atoms with Crippen molar-refractivity contribution in [2.75, 3.05) is 0 Å². The number of hydrogen-bond donors (Lipinski definition) is 0. The first-order valence-electron chi connectivity index (χ1n) is 6.96. The maximum atomic E-state index is 12.1. The Hall–Kier alpha value is -1.36. The summed E-state index contributed by atoms with van der Waals surface area (Å²) in [6, 6.07) is 5.38. The minimum absolute atomic E-state index is 0.0479. The van der Waals surface area contributed by atoms with Gasteiger partial charge in [0, 0.05) is 17.3 Å². The van der Waals surface area contributed by atoms with E-state index in [4.69, 9.17) is 9.47 Å². The highest BCUT2D eigenvalue weighted by Gasteiger charge is 2.27. The molecule has 0 fully saturated rings. The van der Waals surface area contributed by atoms with Gasteiger partial charge < -0.3 is 9.47 Å². The highest BCUT2D eigenvalue weighted by Crippen LogP contribution is 2.31. The second kappa shape index (κ2) is 6.18. The van der Waals surface area contributed by atoms with Gasteiger partial charge in [-0.2, -0.15) is 0 Å². The predicted molar refractivity (Wildman–Crippen MR) is 82.6 cm³/mol. The lowest BCUT2D eigenvalue weighted by atomic mass is 9.98. The number of hydrogen-bond acceptors (Lipinski definition) is 4. The number of ether oxygens (including phenoxy) is 2. The quantitative estimate of drug-likeness (QED) is 0.772. The van der Waals surface area contributed by atoms with Crippen LogP contribution in [-0.4, -0.2) is 23.5 Å². The molecule has 2 rings (SSSR count). The third-order valence-electron chi connectivity index (χ3n) is 3.04. The van der Waals surface area contributed by atoms with Crippen LogP contribution >= 0.6 is 15.9 Å². The smallest absolute Gasteiger partial charge is 0.306 e. The third kappa shape index (κ3) is 4.56. The lowest BCUT2D eigenvalue weighted by Gasteiger charge is -2.26. The van der Waals surface area contributed by atoms with Gasteiger partial charge in [0.05, 0.1) is 5.56 Å². The van der Waals surface area contributed by atoms with E-state index in [1.165, 1.54) is 0 Å². The molecule has 0 spiro atoms. The molecule has 1 aliphatic rings. The molecule has 0 radical (unpaired) electrons. The molecule has 0 amide bonds. The third-order valence-corrected chi connectivity index (χ3v) is 3.53. The summed E-state index contributed by atoms with van der Waals surface area (Å²) in [6.45, 7) is 5.50. The van der Waals surface area contributed by atoms with Crippen molar-refractivity contribution in [2.24, 2.45) is 0 Å². The fourth-order valence-corrected chi connectivity index (χ4v) is 2.55. The van der Waals surface area contributed by atoms with Crippen LogP contribution < -0.4 is 4.74 Å². The summed E-state index contributed by atoms with van der Waals surface area (Å²) < 4.78 is 11.9. The van der Waals surface area contributed by atoms with Gasteiger partial charge >= 0.3 is 5.97 Å². The largest absolute Gasteiger partial charge is 0.489 e. The van der Waals surface area contributed by atoms with Crippen LogP contribution in [0.5, 0.6) is 5.75 Å². The van der Waals surface area contributed by atoms with E-state index in [1.807, 2.05) is 26.8 Å². The first-order valence-corrected chi connectivity index (χ1v) is 7.75. The van der Waals surface area contributed by atoms with E-state index < -0.39 is 5.60 Å². The van der Waals surface area contributed by atoms with E-state index in [9.17, 15) is 9.59 Å². The lowest BCUT2D eigenvalue weighted by Crippen LogP contribution is -2.29. The Morgan fingerprint density at radius 2 is 2.14 bits per heavy atom. The number of Topliss-reactive ketones (excluding diaryl/α,β-unsaturated/α-hetero) is 1. The average molecular weight is 355 g/mol. The maximum Gasteiger partial charge on any atom is 0.306 e. The highest BCUT2D eigenvalue weighted by molar-refractivity contribution is 9.10. The zero-order valence-electron chi connectivity index (χ0n) is 12.4.